The van der Waals surface area contributed by atoms with Crippen LogP contribution in [0.2, 0.25) is 0 Å². The fourth-order valence-corrected chi connectivity index (χ4v) is 7.05. The van der Waals surface area contributed by atoms with E-state index in [1.54, 1.807) is 5.56 Å². The van der Waals surface area contributed by atoms with Crippen molar-refractivity contribution < 1.29 is 4.39 Å². The standard InChI is InChI=1S/C34H49F/c1-2-8-27-10-14-29(15-11-27)31-18-22-33(23-19-31)34-24-20-32(21-25-34)30-16-12-28(13-17-30)9-6-4-3-5-7-26-35/h12-13,16-17,20-21,24-25,27,29,31,33H,2-11,14-15,18-19,22-23,26H2,1H3. The van der Waals surface area contributed by atoms with Crippen molar-refractivity contribution in [1.82, 2.24) is 0 Å². The molecule has 0 spiro atoms. The summed E-state index contributed by atoms with van der Waals surface area (Å²) in [5, 5.41) is 0. The molecule has 2 aromatic rings. The number of aryl methyl sites for hydroxylation is 1. The lowest BCUT2D eigenvalue weighted by molar-refractivity contribution is 0.156. The number of unbranched alkanes of at least 4 members (excludes halogenated alkanes) is 4. The van der Waals surface area contributed by atoms with Crippen molar-refractivity contribution in [3.63, 3.8) is 0 Å². The van der Waals surface area contributed by atoms with E-state index in [1.165, 1.54) is 93.7 Å². The first kappa shape index (κ1) is 26.4. The van der Waals surface area contributed by atoms with Crippen LogP contribution < -0.4 is 0 Å². The molecule has 4 rings (SSSR count). The average Bonchev–Trinajstić information content (AvgIpc) is 2.92. The maximum atomic E-state index is 12.2. The number of hydrogen-bond acceptors (Lipinski definition) is 0. The van der Waals surface area contributed by atoms with Crippen molar-refractivity contribution in [3.8, 4) is 11.1 Å². The molecule has 0 aliphatic heterocycles. The van der Waals surface area contributed by atoms with Gasteiger partial charge >= 0.3 is 0 Å². The maximum Gasteiger partial charge on any atom is 0.0894 e. The molecule has 0 unspecified atom stereocenters. The number of alkyl halides is 1. The highest BCUT2D eigenvalue weighted by molar-refractivity contribution is 5.64. The summed E-state index contributed by atoms with van der Waals surface area (Å²) in [4.78, 5) is 0. The van der Waals surface area contributed by atoms with E-state index in [2.05, 4.69) is 55.5 Å². The molecular formula is C34H49F. The minimum absolute atomic E-state index is 0.163. The SMILES string of the molecule is CCCC1CCC(C2CCC(c3ccc(-c4ccc(CCCCCCCF)cc4)cc3)CC2)CC1. The third kappa shape index (κ3) is 7.93. The summed E-state index contributed by atoms with van der Waals surface area (Å²) in [6.45, 7) is 2.18. The summed E-state index contributed by atoms with van der Waals surface area (Å²) in [7, 11) is 0. The normalized spacial score (nSPS) is 25.0. The van der Waals surface area contributed by atoms with Crippen LogP contribution in [0.25, 0.3) is 11.1 Å². The van der Waals surface area contributed by atoms with Crippen LogP contribution >= 0.6 is 0 Å². The predicted octanol–water partition coefficient (Wildman–Crippen LogP) is 10.7. The molecule has 0 atom stereocenters. The molecule has 0 radical (unpaired) electrons. The highest BCUT2D eigenvalue weighted by Crippen LogP contribution is 2.44. The Bertz CT molecular complexity index is 820. The highest BCUT2D eigenvalue weighted by Gasteiger charge is 2.31. The summed E-state index contributed by atoms with van der Waals surface area (Å²) in [5.41, 5.74) is 5.64. The zero-order valence-corrected chi connectivity index (χ0v) is 22.3. The maximum absolute atomic E-state index is 12.2. The second-order valence-corrected chi connectivity index (χ2v) is 11.7. The molecule has 0 N–H and O–H groups in total. The second-order valence-electron chi connectivity index (χ2n) is 11.7. The Morgan fingerprint density at radius 1 is 0.629 bits per heavy atom. The number of halogens is 1. The van der Waals surface area contributed by atoms with E-state index in [-0.39, 0.29) is 6.67 Å². The molecule has 2 aliphatic carbocycles. The molecule has 0 amide bonds. The van der Waals surface area contributed by atoms with Gasteiger partial charge in [-0.3, -0.25) is 4.39 Å². The Labute approximate surface area is 215 Å². The van der Waals surface area contributed by atoms with Crippen LogP contribution in [0.3, 0.4) is 0 Å². The van der Waals surface area contributed by atoms with E-state index in [9.17, 15) is 4.39 Å². The van der Waals surface area contributed by atoms with Crippen molar-refractivity contribution in [3.05, 3.63) is 59.7 Å². The first-order valence-corrected chi connectivity index (χ1v) is 15.0. The quantitative estimate of drug-likeness (QED) is 0.267. The van der Waals surface area contributed by atoms with Gasteiger partial charge in [-0.15, -0.1) is 0 Å². The van der Waals surface area contributed by atoms with Gasteiger partial charge < -0.3 is 0 Å². The van der Waals surface area contributed by atoms with Crippen molar-refractivity contribution >= 4 is 0 Å². The van der Waals surface area contributed by atoms with Gasteiger partial charge in [0.25, 0.3) is 0 Å². The predicted molar refractivity (Wildman–Crippen MR) is 150 cm³/mol. The van der Waals surface area contributed by atoms with Crippen molar-refractivity contribution in [2.24, 2.45) is 17.8 Å². The van der Waals surface area contributed by atoms with Crippen molar-refractivity contribution in [2.45, 2.75) is 116 Å². The van der Waals surface area contributed by atoms with Crippen LogP contribution in [0.5, 0.6) is 0 Å². The molecule has 0 aromatic heterocycles. The Balaban J connectivity index is 1.21. The summed E-state index contributed by atoms with van der Waals surface area (Å²) >= 11 is 0. The molecule has 0 heterocycles. The van der Waals surface area contributed by atoms with E-state index >= 15 is 0 Å². The molecule has 0 saturated heterocycles. The highest BCUT2D eigenvalue weighted by atomic mass is 19.1. The molecule has 35 heavy (non-hydrogen) atoms. The van der Waals surface area contributed by atoms with Gasteiger partial charge in [-0.05, 0) is 104 Å². The third-order valence-electron chi connectivity index (χ3n) is 9.30. The first-order valence-electron chi connectivity index (χ1n) is 15.0. The van der Waals surface area contributed by atoms with E-state index in [0.717, 1.165) is 49.4 Å². The Morgan fingerprint density at radius 2 is 1.17 bits per heavy atom. The smallest absolute Gasteiger partial charge is 0.0894 e. The number of rotatable bonds is 12. The average molecular weight is 477 g/mol. The molecule has 2 fully saturated rings. The van der Waals surface area contributed by atoms with Gasteiger partial charge in [0.15, 0.2) is 0 Å². The summed E-state index contributed by atoms with van der Waals surface area (Å²) < 4.78 is 12.2. The van der Waals surface area contributed by atoms with Gasteiger partial charge in [-0.2, -0.15) is 0 Å². The van der Waals surface area contributed by atoms with Gasteiger partial charge in [0, 0.05) is 0 Å². The fraction of sp³-hybridized carbons (Fsp3) is 0.647. The molecule has 2 aromatic carbocycles. The van der Waals surface area contributed by atoms with E-state index in [1.807, 2.05) is 0 Å². The van der Waals surface area contributed by atoms with E-state index in [4.69, 9.17) is 0 Å². The van der Waals surface area contributed by atoms with Crippen molar-refractivity contribution in [2.75, 3.05) is 6.67 Å². The minimum Gasteiger partial charge on any atom is -0.251 e. The van der Waals surface area contributed by atoms with Gasteiger partial charge in [0.2, 0.25) is 0 Å². The van der Waals surface area contributed by atoms with Crippen LogP contribution in [-0.4, -0.2) is 6.67 Å². The van der Waals surface area contributed by atoms with Crippen LogP contribution in [-0.2, 0) is 6.42 Å². The third-order valence-corrected chi connectivity index (χ3v) is 9.30. The van der Waals surface area contributed by atoms with Crippen LogP contribution in [0.4, 0.5) is 4.39 Å². The lowest BCUT2D eigenvalue weighted by atomic mass is 9.68. The van der Waals surface area contributed by atoms with Gasteiger partial charge in [0.05, 0.1) is 6.67 Å². The molecular weight excluding hydrogens is 427 g/mol. The number of hydrogen-bond donors (Lipinski definition) is 0. The zero-order valence-electron chi connectivity index (χ0n) is 22.3. The largest absolute Gasteiger partial charge is 0.251 e. The fourth-order valence-electron chi connectivity index (χ4n) is 7.05. The Morgan fingerprint density at radius 3 is 1.77 bits per heavy atom. The molecule has 2 saturated carbocycles. The van der Waals surface area contributed by atoms with Gasteiger partial charge in [0.1, 0.15) is 0 Å². The molecule has 0 bridgehead atoms. The van der Waals surface area contributed by atoms with Gasteiger partial charge in [-0.25, -0.2) is 0 Å². The Hall–Kier alpha value is -1.63. The zero-order chi connectivity index (χ0) is 24.3. The van der Waals surface area contributed by atoms with Crippen LogP contribution in [0.15, 0.2) is 48.5 Å². The van der Waals surface area contributed by atoms with E-state index < -0.39 is 0 Å². The summed E-state index contributed by atoms with van der Waals surface area (Å²) in [5.74, 6) is 3.83. The second kappa shape index (κ2) is 14.2. The van der Waals surface area contributed by atoms with Gasteiger partial charge in [-0.1, -0.05) is 100 Å². The topological polar surface area (TPSA) is 0 Å². The molecule has 0 nitrogen and oxygen atoms in total. The van der Waals surface area contributed by atoms with Crippen LogP contribution in [0.1, 0.15) is 120 Å². The van der Waals surface area contributed by atoms with Crippen molar-refractivity contribution in [1.29, 1.82) is 0 Å². The molecule has 192 valence electrons. The number of benzene rings is 2. The first-order chi connectivity index (χ1) is 17.3. The van der Waals surface area contributed by atoms with E-state index in [0.29, 0.717) is 0 Å². The minimum atomic E-state index is -0.163. The molecule has 1 heteroatoms. The summed E-state index contributed by atoms with van der Waals surface area (Å²) in [6, 6.07) is 18.7. The lowest BCUT2D eigenvalue weighted by Crippen LogP contribution is -2.25. The Kier molecular flexibility index (Phi) is 10.7. The lowest BCUT2D eigenvalue weighted by Gasteiger charge is -2.38. The summed E-state index contributed by atoms with van der Waals surface area (Å²) in [6.07, 6.45) is 21.0. The monoisotopic (exact) mass is 476 g/mol. The molecule has 2 aliphatic rings. The van der Waals surface area contributed by atoms with Crippen LogP contribution in [0, 0.1) is 17.8 Å².